The smallest absolute Gasteiger partial charge is 0.0464 e. The van der Waals surface area contributed by atoms with Gasteiger partial charge in [-0.15, -0.1) is 0 Å². The SMILES string of the molecule is CCCC(NN1CCN(C)CC1)c1ccccc1. The van der Waals surface area contributed by atoms with E-state index < -0.39 is 0 Å². The summed E-state index contributed by atoms with van der Waals surface area (Å²) in [7, 11) is 2.19. The third-order valence-corrected chi connectivity index (χ3v) is 3.62. The molecule has 1 unspecified atom stereocenters. The van der Waals surface area contributed by atoms with Crippen molar-refractivity contribution in [3.05, 3.63) is 35.9 Å². The summed E-state index contributed by atoms with van der Waals surface area (Å²) in [4.78, 5) is 2.38. The van der Waals surface area contributed by atoms with Crippen molar-refractivity contribution in [3.8, 4) is 0 Å². The molecule has 0 aromatic heterocycles. The molecule has 1 N–H and O–H groups in total. The lowest BCUT2D eigenvalue weighted by Gasteiger charge is -2.35. The molecular weight excluding hydrogens is 222 g/mol. The van der Waals surface area contributed by atoms with Crippen LogP contribution in [0.25, 0.3) is 0 Å². The van der Waals surface area contributed by atoms with Gasteiger partial charge in [-0.2, -0.15) is 0 Å². The Morgan fingerprint density at radius 3 is 2.39 bits per heavy atom. The van der Waals surface area contributed by atoms with Crippen LogP contribution in [0.1, 0.15) is 31.4 Å². The Labute approximate surface area is 111 Å². The molecule has 1 aliphatic heterocycles. The first-order valence-corrected chi connectivity index (χ1v) is 7.04. The number of nitrogens with one attached hydrogen (secondary N) is 1. The third kappa shape index (κ3) is 3.80. The molecule has 1 atom stereocenters. The van der Waals surface area contributed by atoms with Crippen molar-refractivity contribution in [2.24, 2.45) is 0 Å². The Kier molecular flexibility index (Phi) is 5.17. The summed E-state index contributed by atoms with van der Waals surface area (Å²) in [5.74, 6) is 0. The predicted octanol–water partition coefficient (Wildman–Crippen LogP) is 2.28. The summed E-state index contributed by atoms with van der Waals surface area (Å²) in [6, 6.07) is 11.3. The number of rotatable bonds is 5. The fourth-order valence-corrected chi connectivity index (χ4v) is 2.44. The maximum absolute atomic E-state index is 3.70. The lowest BCUT2D eigenvalue weighted by atomic mass is 10.0. The van der Waals surface area contributed by atoms with E-state index in [0.29, 0.717) is 6.04 Å². The quantitative estimate of drug-likeness (QED) is 0.861. The van der Waals surface area contributed by atoms with Gasteiger partial charge in [-0.05, 0) is 19.0 Å². The summed E-state index contributed by atoms with van der Waals surface area (Å²) in [6.45, 7) is 6.79. The molecule has 1 aliphatic rings. The zero-order chi connectivity index (χ0) is 12.8. The Morgan fingerprint density at radius 2 is 1.78 bits per heavy atom. The Bertz CT molecular complexity index is 331. The van der Waals surface area contributed by atoms with Crippen molar-refractivity contribution in [1.82, 2.24) is 15.3 Å². The number of likely N-dealkylation sites (N-methyl/N-ethyl adjacent to an activating group) is 1. The van der Waals surface area contributed by atoms with Gasteiger partial charge in [-0.1, -0.05) is 43.7 Å². The van der Waals surface area contributed by atoms with Gasteiger partial charge in [0.05, 0.1) is 0 Å². The zero-order valence-corrected chi connectivity index (χ0v) is 11.6. The molecule has 0 bridgehead atoms. The van der Waals surface area contributed by atoms with Crippen LogP contribution in [0.2, 0.25) is 0 Å². The maximum atomic E-state index is 3.70. The summed E-state index contributed by atoms with van der Waals surface area (Å²) in [5, 5.41) is 2.38. The number of hydrazine groups is 1. The Balaban J connectivity index is 1.94. The molecule has 0 radical (unpaired) electrons. The van der Waals surface area contributed by atoms with Gasteiger partial charge < -0.3 is 4.90 Å². The lowest BCUT2D eigenvalue weighted by Crippen LogP contribution is -2.51. The van der Waals surface area contributed by atoms with Crippen LogP contribution < -0.4 is 5.43 Å². The van der Waals surface area contributed by atoms with Gasteiger partial charge in [0, 0.05) is 32.2 Å². The van der Waals surface area contributed by atoms with E-state index in [2.05, 4.69) is 59.6 Å². The van der Waals surface area contributed by atoms with Crippen LogP contribution in [0.5, 0.6) is 0 Å². The van der Waals surface area contributed by atoms with E-state index in [1.165, 1.54) is 18.4 Å². The van der Waals surface area contributed by atoms with Gasteiger partial charge in [-0.3, -0.25) is 0 Å². The molecule has 1 fully saturated rings. The largest absolute Gasteiger partial charge is 0.304 e. The van der Waals surface area contributed by atoms with Crippen molar-refractivity contribution in [3.63, 3.8) is 0 Å². The van der Waals surface area contributed by atoms with Crippen molar-refractivity contribution in [1.29, 1.82) is 0 Å². The molecule has 100 valence electrons. The number of benzene rings is 1. The summed E-state index contributed by atoms with van der Waals surface area (Å²) >= 11 is 0. The van der Waals surface area contributed by atoms with Crippen molar-refractivity contribution >= 4 is 0 Å². The summed E-state index contributed by atoms with van der Waals surface area (Å²) in [5.41, 5.74) is 5.10. The number of piperazine rings is 1. The van der Waals surface area contributed by atoms with Crippen molar-refractivity contribution in [2.75, 3.05) is 33.2 Å². The van der Waals surface area contributed by atoms with Crippen molar-refractivity contribution in [2.45, 2.75) is 25.8 Å². The molecular formula is C15H25N3. The van der Waals surface area contributed by atoms with Gasteiger partial charge in [0.2, 0.25) is 0 Å². The first-order valence-electron chi connectivity index (χ1n) is 7.04. The fraction of sp³-hybridized carbons (Fsp3) is 0.600. The van der Waals surface area contributed by atoms with Gasteiger partial charge in [-0.25, -0.2) is 10.4 Å². The van der Waals surface area contributed by atoms with Crippen molar-refractivity contribution < 1.29 is 0 Å². The van der Waals surface area contributed by atoms with Crippen LogP contribution in [-0.4, -0.2) is 43.1 Å². The zero-order valence-electron chi connectivity index (χ0n) is 11.6. The standard InChI is InChI=1S/C15H25N3/c1-3-7-15(14-8-5-4-6-9-14)16-18-12-10-17(2)11-13-18/h4-6,8-9,15-16H,3,7,10-13H2,1-2H3. The molecule has 0 amide bonds. The lowest BCUT2D eigenvalue weighted by molar-refractivity contribution is 0.0845. The first kappa shape index (κ1) is 13.5. The Morgan fingerprint density at radius 1 is 1.11 bits per heavy atom. The van der Waals surface area contributed by atoms with E-state index in [0.717, 1.165) is 26.2 Å². The molecule has 2 rings (SSSR count). The molecule has 1 aromatic carbocycles. The topological polar surface area (TPSA) is 18.5 Å². The van der Waals surface area contributed by atoms with E-state index in [-0.39, 0.29) is 0 Å². The van der Waals surface area contributed by atoms with E-state index in [4.69, 9.17) is 0 Å². The summed E-state index contributed by atoms with van der Waals surface area (Å²) in [6.07, 6.45) is 2.40. The highest BCUT2D eigenvalue weighted by molar-refractivity contribution is 5.18. The van der Waals surface area contributed by atoms with Crippen LogP contribution >= 0.6 is 0 Å². The van der Waals surface area contributed by atoms with Crippen LogP contribution in [0.3, 0.4) is 0 Å². The first-order chi connectivity index (χ1) is 8.79. The number of hydrogen-bond donors (Lipinski definition) is 1. The fourth-order valence-electron chi connectivity index (χ4n) is 2.44. The second kappa shape index (κ2) is 6.88. The molecule has 1 aromatic rings. The molecule has 1 heterocycles. The van der Waals surface area contributed by atoms with Gasteiger partial charge >= 0.3 is 0 Å². The normalized spacial score (nSPS) is 19.9. The van der Waals surface area contributed by atoms with E-state index in [1.807, 2.05) is 0 Å². The second-order valence-electron chi connectivity index (χ2n) is 5.17. The molecule has 1 saturated heterocycles. The average molecular weight is 247 g/mol. The minimum Gasteiger partial charge on any atom is -0.304 e. The van der Waals surface area contributed by atoms with Crippen LogP contribution in [-0.2, 0) is 0 Å². The van der Waals surface area contributed by atoms with Crippen LogP contribution in [0.15, 0.2) is 30.3 Å². The molecule has 18 heavy (non-hydrogen) atoms. The monoisotopic (exact) mass is 247 g/mol. The highest BCUT2D eigenvalue weighted by atomic mass is 15.5. The van der Waals surface area contributed by atoms with Crippen LogP contribution in [0.4, 0.5) is 0 Å². The predicted molar refractivity (Wildman–Crippen MR) is 76.3 cm³/mol. The number of hydrogen-bond acceptors (Lipinski definition) is 3. The molecule has 3 heteroatoms. The highest BCUT2D eigenvalue weighted by Gasteiger charge is 2.18. The maximum Gasteiger partial charge on any atom is 0.0464 e. The van der Waals surface area contributed by atoms with E-state index in [9.17, 15) is 0 Å². The molecule has 0 aliphatic carbocycles. The van der Waals surface area contributed by atoms with Gasteiger partial charge in [0.1, 0.15) is 0 Å². The highest BCUT2D eigenvalue weighted by Crippen LogP contribution is 2.18. The minimum atomic E-state index is 0.458. The third-order valence-electron chi connectivity index (χ3n) is 3.62. The average Bonchev–Trinajstić information content (AvgIpc) is 2.42. The molecule has 0 spiro atoms. The van der Waals surface area contributed by atoms with Crippen LogP contribution in [0, 0.1) is 0 Å². The minimum absolute atomic E-state index is 0.458. The van der Waals surface area contributed by atoms with E-state index >= 15 is 0 Å². The molecule has 0 saturated carbocycles. The second-order valence-corrected chi connectivity index (χ2v) is 5.17. The number of nitrogens with zero attached hydrogens (tertiary/aromatic N) is 2. The van der Waals surface area contributed by atoms with Gasteiger partial charge in [0.15, 0.2) is 0 Å². The Hall–Kier alpha value is -0.900. The molecule has 3 nitrogen and oxygen atoms in total. The van der Waals surface area contributed by atoms with E-state index in [1.54, 1.807) is 0 Å². The summed E-state index contributed by atoms with van der Waals surface area (Å²) < 4.78 is 0. The van der Waals surface area contributed by atoms with Gasteiger partial charge in [0.25, 0.3) is 0 Å².